The monoisotopic (exact) mass is 493 g/mol. The Kier molecular flexibility index (Phi) is 6.79. The molecular weight excluding hydrogens is 466 g/mol. The highest BCUT2D eigenvalue weighted by molar-refractivity contribution is 7.00. The number of para-hydroxylation sites is 1. The average Bonchev–Trinajstić information content (AvgIpc) is 3.56. The molecule has 0 radical (unpaired) electrons. The fourth-order valence-corrected chi connectivity index (χ4v) is 5.35. The van der Waals surface area contributed by atoms with Crippen molar-refractivity contribution in [1.82, 2.24) is 13.6 Å². The molecule has 3 heterocycles. The van der Waals surface area contributed by atoms with Gasteiger partial charge in [0.25, 0.3) is 0 Å². The van der Waals surface area contributed by atoms with E-state index >= 15 is 0 Å². The molecule has 1 fully saturated rings. The molecule has 5 rings (SSSR count). The van der Waals surface area contributed by atoms with Crippen molar-refractivity contribution in [3.05, 3.63) is 64.9 Å². The van der Waals surface area contributed by atoms with E-state index in [-0.39, 0.29) is 25.0 Å². The second kappa shape index (κ2) is 10.1. The zero-order valence-electron chi connectivity index (χ0n) is 19.7. The lowest BCUT2D eigenvalue weighted by atomic mass is 9.83. The summed E-state index contributed by atoms with van der Waals surface area (Å²) in [5, 5.41) is 0. The molecule has 1 aromatic heterocycles. The molecule has 2 aromatic carbocycles. The molecule has 2 aliphatic heterocycles. The molecule has 35 heavy (non-hydrogen) atoms. The van der Waals surface area contributed by atoms with E-state index in [1.165, 1.54) is 0 Å². The second-order valence-electron chi connectivity index (χ2n) is 8.80. The van der Waals surface area contributed by atoms with Gasteiger partial charge >= 0.3 is 5.97 Å². The summed E-state index contributed by atoms with van der Waals surface area (Å²) in [5.41, 5.74) is 4.27. The largest absolute Gasteiger partial charge is 0.496 e. The summed E-state index contributed by atoms with van der Waals surface area (Å²) >= 11 is 1.14. The minimum Gasteiger partial charge on any atom is -0.496 e. The quantitative estimate of drug-likeness (QED) is 0.455. The van der Waals surface area contributed by atoms with Crippen molar-refractivity contribution in [2.24, 2.45) is 0 Å². The van der Waals surface area contributed by atoms with Gasteiger partial charge in [-0.05, 0) is 43.5 Å². The number of nitrogens with zero attached hydrogens (tertiary/aromatic N) is 3. The molecule has 9 heteroatoms. The van der Waals surface area contributed by atoms with Gasteiger partial charge in [0.15, 0.2) is 0 Å². The molecule has 0 spiro atoms. The number of rotatable bonds is 7. The maximum absolute atomic E-state index is 13.6. The third kappa shape index (κ3) is 4.78. The van der Waals surface area contributed by atoms with Crippen LogP contribution < -0.4 is 4.74 Å². The van der Waals surface area contributed by atoms with Crippen LogP contribution in [0.15, 0.2) is 53.7 Å². The van der Waals surface area contributed by atoms with Gasteiger partial charge in [-0.1, -0.05) is 24.3 Å². The number of hydrogen-bond acceptors (Lipinski definition) is 8. The molecule has 2 unspecified atom stereocenters. The lowest BCUT2D eigenvalue weighted by Crippen LogP contribution is -2.42. The van der Waals surface area contributed by atoms with Crippen LogP contribution in [0.3, 0.4) is 0 Å². The van der Waals surface area contributed by atoms with Crippen molar-refractivity contribution >= 4 is 34.6 Å². The first-order valence-corrected chi connectivity index (χ1v) is 12.4. The summed E-state index contributed by atoms with van der Waals surface area (Å²) in [4.78, 5) is 28.5. The van der Waals surface area contributed by atoms with E-state index in [0.717, 1.165) is 46.7 Å². The smallest absolute Gasteiger partial charge is 0.336 e. The van der Waals surface area contributed by atoms with Gasteiger partial charge < -0.3 is 19.1 Å². The number of methoxy groups -OCH3 is 1. The zero-order chi connectivity index (χ0) is 24.4. The molecule has 182 valence electrons. The number of hydrogen-bond donors (Lipinski definition) is 0. The predicted octanol–water partition coefficient (Wildman–Crippen LogP) is 4.21. The number of fused-ring (bicyclic) bond motifs is 1. The van der Waals surface area contributed by atoms with E-state index in [1.807, 2.05) is 49.4 Å². The summed E-state index contributed by atoms with van der Waals surface area (Å²) < 4.78 is 25.5. The first-order valence-electron chi connectivity index (χ1n) is 11.7. The van der Waals surface area contributed by atoms with E-state index < -0.39 is 11.9 Å². The summed E-state index contributed by atoms with van der Waals surface area (Å²) in [5.74, 6) is -0.247. The van der Waals surface area contributed by atoms with E-state index in [1.54, 1.807) is 12.0 Å². The Hall–Kier alpha value is -3.30. The minimum absolute atomic E-state index is 0.0197. The number of amides is 1. The maximum atomic E-state index is 13.6. The first kappa shape index (κ1) is 23.4. The Morgan fingerprint density at radius 1 is 1.20 bits per heavy atom. The summed E-state index contributed by atoms with van der Waals surface area (Å²) in [7, 11) is 1.59. The van der Waals surface area contributed by atoms with Gasteiger partial charge in [-0.3, -0.25) is 4.79 Å². The molecule has 3 aromatic rings. The van der Waals surface area contributed by atoms with Crippen LogP contribution >= 0.6 is 11.7 Å². The van der Waals surface area contributed by atoms with Gasteiger partial charge in [0.2, 0.25) is 5.91 Å². The average molecular weight is 494 g/mol. The molecule has 1 saturated heterocycles. The highest BCUT2D eigenvalue weighted by atomic mass is 32.1. The normalized spacial score (nSPS) is 20.5. The second-order valence-corrected chi connectivity index (χ2v) is 9.32. The Morgan fingerprint density at radius 3 is 2.83 bits per heavy atom. The molecule has 0 aliphatic carbocycles. The molecule has 0 saturated carbocycles. The van der Waals surface area contributed by atoms with Crippen molar-refractivity contribution in [1.29, 1.82) is 0 Å². The SMILES string of the molecule is COc1ccccc1COC(=O)C1=C(C)N(CC2CCCO2)C(=O)CC1c1ccc2nsnc2c1. The highest BCUT2D eigenvalue weighted by Crippen LogP contribution is 2.38. The predicted molar refractivity (Wildman–Crippen MR) is 131 cm³/mol. The van der Waals surface area contributed by atoms with E-state index in [0.29, 0.717) is 30.2 Å². The van der Waals surface area contributed by atoms with E-state index in [2.05, 4.69) is 8.75 Å². The van der Waals surface area contributed by atoms with Gasteiger partial charge in [-0.15, -0.1) is 0 Å². The van der Waals surface area contributed by atoms with Crippen molar-refractivity contribution < 1.29 is 23.8 Å². The fourth-order valence-electron chi connectivity index (χ4n) is 4.84. The molecule has 0 N–H and O–H groups in total. The lowest BCUT2D eigenvalue weighted by Gasteiger charge is -2.35. The maximum Gasteiger partial charge on any atom is 0.336 e. The third-order valence-corrected chi connectivity index (χ3v) is 7.24. The molecular formula is C26H27N3O5S. The number of benzene rings is 2. The minimum atomic E-state index is -0.445. The van der Waals surface area contributed by atoms with Crippen molar-refractivity contribution in [2.45, 2.75) is 44.8 Å². The standard InChI is InChI=1S/C26H27N3O5S/c1-16-25(26(31)34-15-18-6-3-4-8-23(18)32-2)20(17-9-10-21-22(12-17)28-35-27-21)13-24(30)29(16)14-19-7-5-11-33-19/h3-4,6,8-10,12,19-20H,5,7,11,13-15H2,1-2H3. The van der Waals surface area contributed by atoms with Crippen LogP contribution in [0, 0.1) is 0 Å². The Bertz CT molecular complexity index is 1280. The summed E-state index contributed by atoms with van der Waals surface area (Å²) in [6.45, 7) is 3.03. The molecule has 0 bridgehead atoms. The van der Waals surface area contributed by atoms with E-state index in [4.69, 9.17) is 14.2 Å². The van der Waals surface area contributed by atoms with Crippen LogP contribution in [0.4, 0.5) is 0 Å². The molecule has 1 amide bonds. The van der Waals surface area contributed by atoms with E-state index in [9.17, 15) is 9.59 Å². The summed E-state index contributed by atoms with van der Waals surface area (Å²) in [6, 6.07) is 13.1. The highest BCUT2D eigenvalue weighted by Gasteiger charge is 2.38. The number of allylic oxidation sites excluding steroid dienone is 1. The third-order valence-electron chi connectivity index (χ3n) is 6.68. The number of ether oxygens (including phenoxy) is 3. The number of esters is 1. The Morgan fingerprint density at radius 2 is 2.03 bits per heavy atom. The van der Waals surface area contributed by atoms with Gasteiger partial charge in [-0.25, -0.2) is 4.79 Å². The van der Waals surface area contributed by atoms with Gasteiger partial charge in [0.05, 0.1) is 37.1 Å². The Balaban J connectivity index is 1.48. The number of carbonyl (C=O) groups is 2. The molecule has 8 nitrogen and oxygen atoms in total. The fraction of sp³-hybridized carbons (Fsp3) is 0.385. The van der Waals surface area contributed by atoms with Crippen LogP contribution in [-0.2, 0) is 25.7 Å². The van der Waals surface area contributed by atoms with Crippen LogP contribution in [0.2, 0.25) is 0 Å². The van der Waals surface area contributed by atoms with Gasteiger partial charge in [0.1, 0.15) is 23.4 Å². The topological polar surface area (TPSA) is 90.8 Å². The number of carbonyl (C=O) groups excluding carboxylic acids is 2. The van der Waals surface area contributed by atoms with Crippen LogP contribution in [0.5, 0.6) is 5.75 Å². The molecule has 2 aliphatic rings. The van der Waals surface area contributed by atoms with Crippen LogP contribution in [0.1, 0.15) is 43.2 Å². The lowest BCUT2D eigenvalue weighted by molar-refractivity contribution is -0.141. The molecule has 2 atom stereocenters. The first-order chi connectivity index (χ1) is 17.0. The van der Waals surface area contributed by atoms with Crippen molar-refractivity contribution in [3.63, 3.8) is 0 Å². The summed E-state index contributed by atoms with van der Waals surface area (Å²) in [6.07, 6.45) is 2.04. The van der Waals surface area contributed by atoms with Crippen molar-refractivity contribution in [3.8, 4) is 5.75 Å². The number of aromatic nitrogens is 2. The Labute approximate surface area is 207 Å². The van der Waals surface area contributed by atoms with Crippen molar-refractivity contribution in [2.75, 3.05) is 20.3 Å². The van der Waals surface area contributed by atoms with Gasteiger partial charge in [-0.2, -0.15) is 8.75 Å². The van der Waals surface area contributed by atoms with Crippen LogP contribution in [0.25, 0.3) is 11.0 Å². The zero-order valence-corrected chi connectivity index (χ0v) is 20.5. The van der Waals surface area contributed by atoms with Crippen LogP contribution in [-0.4, -0.2) is 51.9 Å². The van der Waals surface area contributed by atoms with Gasteiger partial charge in [0, 0.05) is 30.2 Å².